The van der Waals surface area contributed by atoms with Crippen molar-refractivity contribution in [1.82, 2.24) is 15.5 Å². The van der Waals surface area contributed by atoms with Gasteiger partial charge in [-0.3, -0.25) is 9.59 Å². The van der Waals surface area contributed by atoms with Crippen molar-refractivity contribution in [2.75, 3.05) is 18.2 Å². The number of rotatable bonds is 9. The molecule has 0 bridgehead atoms. The number of anilines is 1. The molecule has 0 spiro atoms. The van der Waals surface area contributed by atoms with Crippen molar-refractivity contribution in [3.63, 3.8) is 0 Å². The number of carbonyl (C=O) groups is 2. The molecule has 1 aromatic heterocycles. The lowest BCUT2D eigenvalue weighted by atomic mass is 10.0. The highest BCUT2D eigenvalue weighted by Gasteiger charge is 2.18. The molecule has 0 aliphatic rings. The van der Waals surface area contributed by atoms with Crippen LogP contribution in [0.4, 0.5) is 5.13 Å². The third-order valence-corrected chi connectivity index (χ3v) is 5.23. The molecule has 2 aromatic rings. The monoisotopic (exact) mass is 392 g/mol. The van der Waals surface area contributed by atoms with Crippen LogP contribution >= 0.6 is 23.1 Å². The Kier molecular flexibility index (Phi) is 7.61. The molecule has 7 nitrogen and oxygen atoms in total. The molecule has 138 valence electrons. The fourth-order valence-corrected chi connectivity index (χ4v) is 3.67. The highest BCUT2D eigenvalue weighted by Crippen LogP contribution is 2.26. The Hall–Kier alpha value is -2.39. The van der Waals surface area contributed by atoms with E-state index in [1.807, 2.05) is 12.1 Å². The number of aromatic nitrogens is 2. The van der Waals surface area contributed by atoms with Gasteiger partial charge >= 0.3 is 0 Å². The molecule has 0 unspecified atom stereocenters. The zero-order chi connectivity index (χ0) is 18.9. The zero-order valence-electron chi connectivity index (χ0n) is 14.5. The standard InChI is InChI=1S/C17H20N4O3S2/c1-4-9-25-17-21-20-16(26-17)19-15(23)10-14(18-11(2)22)12-5-7-13(24-3)8-6-12/h4-8,14H,1,9-10H2,2-3H3,(H,18,22)(H,19,20,23)/t14-/m1/s1. The predicted octanol–water partition coefficient (Wildman–Crippen LogP) is 3.03. The molecule has 26 heavy (non-hydrogen) atoms. The summed E-state index contributed by atoms with van der Waals surface area (Å²) in [6.45, 7) is 5.07. The van der Waals surface area contributed by atoms with Gasteiger partial charge in [0.05, 0.1) is 19.6 Å². The van der Waals surface area contributed by atoms with Crippen molar-refractivity contribution in [2.45, 2.75) is 23.7 Å². The Labute approximate surface area is 160 Å². The molecular weight excluding hydrogens is 372 g/mol. The van der Waals surface area contributed by atoms with E-state index in [9.17, 15) is 9.59 Å². The van der Waals surface area contributed by atoms with Crippen LogP contribution in [0.15, 0.2) is 41.3 Å². The van der Waals surface area contributed by atoms with E-state index in [2.05, 4.69) is 27.4 Å². The Morgan fingerprint density at radius 3 is 2.69 bits per heavy atom. The molecule has 9 heteroatoms. The quantitative estimate of drug-likeness (QED) is 0.387. The van der Waals surface area contributed by atoms with E-state index >= 15 is 0 Å². The molecular formula is C17H20N4O3S2. The van der Waals surface area contributed by atoms with Gasteiger partial charge in [0.1, 0.15) is 5.75 Å². The van der Waals surface area contributed by atoms with Crippen LogP contribution in [0.1, 0.15) is 24.9 Å². The maximum atomic E-state index is 12.4. The van der Waals surface area contributed by atoms with Crippen molar-refractivity contribution in [1.29, 1.82) is 0 Å². The van der Waals surface area contributed by atoms with Gasteiger partial charge in [-0.25, -0.2) is 0 Å². The summed E-state index contributed by atoms with van der Waals surface area (Å²) in [6.07, 6.45) is 1.86. The largest absolute Gasteiger partial charge is 0.497 e. The number of methoxy groups -OCH3 is 1. The Balaban J connectivity index is 2.02. The topological polar surface area (TPSA) is 93.2 Å². The minimum atomic E-state index is -0.444. The highest BCUT2D eigenvalue weighted by molar-refractivity contribution is 8.01. The summed E-state index contributed by atoms with van der Waals surface area (Å²) in [6, 6.07) is 6.77. The molecule has 0 saturated heterocycles. The van der Waals surface area contributed by atoms with E-state index in [1.54, 1.807) is 25.3 Å². The SMILES string of the molecule is C=CCSc1nnc(NC(=O)C[C@@H](NC(C)=O)c2ccc(OC)cc2)s1. The number of thioether (sulfide) groups is 1. The van der Waals surface area contributed by atoms with Crippen molar-refractivity contribution in [2.24, 2.45) is 0 Å². The van der Waals surface area contributed by atoms with Gasteiger partial charge in [0.15, 0.2) is 4.34 Å². The summed E-state index contributed by atoms with van der Waals surface area (Å²) in [5.41, 5.74) is 0.815. The number of ether oxygens (including phenoxy) is 1. The molecule has 0 saturated carbocycles. The summed E-state index contributed by atoms with van der Waals surface area (Å²) in [7, 11) is 1.58. The molecule has 0 aliphatic heterocycles. The number of amides is 2. The number of hydrogen-bond donors (Lipinski definition) is 2. The first-order valence-corrected chi connectivity index (χ1v) is 9.60. The number of carbonyl (C=O) groups excluding carboxylic acids is 2. The zero-order valence-corrected chi connectivity index (χ0v) is 16.2. The van der Waals surface area contributed by atoms with Gasteiger partial charge in [-0.1, -0.05) is 41.3 Å². The van der Waals surface area contributed by atoms with Gasteiger partial charge in [0, 0.05) is 12.7 Å². The van der Waals surface area contributed by atoms with Crippen molar-refractivity contribution in [3.05, 3.63) is 42.5 Å². The van der Waals surface area contributed by atoms with E-state index in [0.717, 1.165) is 15.7 Å². The minimum Gasteiger partial charge on any atom is -0.497 e. The van der Waals surface area contributed by atoms with Gasteiger partial charge in [0.2, 0.25) is 16.9 Å². The molecule has 0 fully saturated rings. The molecule has 1 aromatic carbocycles. The van der Waals surface area contributed by atoms with Crippen LogP contribution in [0.3, 0.4) is 0 Å². The molecule has 2 rings (SSSR count). The van der Waals surface area contributed by atoms with E-state index in [0.29, 0.717) is 10.9 Å². The third-order valence-electron chi connectivity index (χ3n) is 3.26. The van der Waals surface area contributed by atoms with Gasteiger partial charge in [0.25, 0.3) is 0 Å². The molecule has 1 heterocycles. The van der Waals surface area contributed by atoms with Crippen LogP contribution in [0.5, 0.6) is 5.75 Å². The number of nitrogens with one attached hydrogen (secondary N) is 2. The maximum Gasteiger partial charge on any atom is 0.228 e. The van der Waals surface area contributed by atoms with E-state index < -0.39 is 6.04 Å². The molecule has 0 radical (unpaired) electrons. The Bertz CT molecular complexity index is 762. The van der Waals surface area contributed by atoms with Gasteiger partial charge in [-0.2, -0.15) is 0 Å². The van der Waals surface area contributed by atoms with Gasteiger partial charge in [-0.05, 0) is 17.7 Å². The molecule has 0 aliphatic carbocycles. The van der Waals surface area contributed by atoms with E-state index in [-0.39, 0.29) is 18.2 Å². The first-order chi connectivity index (χ1) is 12.5. The normalized spacial score (nSPS) is 11.5. The van der Waals surface area contributed by atoms with Crippen LogP contribution in [0.25, 0.3) is 0 Å². The van der Waals surface area contributed by atoms with Crippen LogP contribution in [0.2, 0.25) is 0 Å². The lowest BCUT2D eigenvalue weighted by Gasteiger charge is -2.18. The number of hydrogen-bond acceptors (Lipinski definition) is 7. The third kappa shape index (κ3) is 6.16. The minimum absolute atomic E-state index is 0.0840. The first kappa shape index (κ1) is 19.9. The van der Waals surface area contributed by atoms with Crippen LogP contribution in [-0.4, -0.2) is 34.9 Å². The smallest absolute Gasteiger partial charge is 0.228 e. The molecule has 2 amide bonds. The fourth-order valence-electron chi connectivity index (χ4n) is 2.14. The Morgan fingerprint density at radius 1 is 1.35 bits per heavy atom. The van der Waals surface area contributed by atoms with Gasteiger partial charge < -0.3 is 15.4 Å². The second-order valence-corrected chi connectivity index (χ2v) is 7.50. The van der Waals surface area contributed by atoms with Crippen LogP contribution in [0, 0.1) is 0 Å². The predicted molar refractivity (Wildman–Crippen MR) is 104 cm³/mol. The summed E-state index contributed by atoms with van der Waals surface area (Å²) < 4.78 is 5.89. The molecule has 2 N–H and O–H groups in total. The lowest BCUT2D eigenvalue weighted by molar-refractivity contribution is -0.120. The lowest BCUT2D eigenvalue weighted by Crippen LogP contribution is -2.29. The van der Waals surface area contributed by atoms with E-state index in [4.69, 9.17) is 4.74 Å². The van der Waals surface area contributed by atoms with Crippen LogP contribution < -0.4 is 15.4 Å². The summed E-state index contributed by atoms with van der Waals surface area (Å²) in [5.74, 6) is 0.969. The second-order valence-electron chi connectivity index (χ2n) is 5.25. The molecule has 1 atom stereocenters. The average Bonchev–Trinajstić information content (AvgIpc) is 3.06. The van der Waals surface area contributed by atoms with Crippen molar-refractivity contribution < 1.29 is 14.3 Å². The maximum absolute atomic E-state index is 12.4. The summed E-state index contributed by atoms with van der Waals surface area (Å²) in [4.78, 5) is 23.8. The number of benzene rings is 1. The Morgan fingerprint density at radius 2 is 2.08 bits per heavy atom. The average molecular weight is 393 g/mol. The van der Waals surface area contributed by atoms with Crippen molar-refractivity contribution >= 4 is 40.0 Å². The highest BCUT2D eigenvalue weighted by atomic mass is 32.2. The van der Waals surface area contributed by atoms with Gasteiger partial charge in [-0.15, -0.1) is 16.8 Å². The summed E-state index contributed by atoms with van der Waals surface area (Å²) in [5, 5.41) is 13.9. The summed E-state index contributed by atoms with van der Waals surface area (Å²) >= 11 is 2.80. The van der Waals surface area contributed by atoms with Crippen molar-refractivity contribution in [3.8, 4) is 5.75 Å². The second kappa shape index (κ2) is 9.93. The van der Waals surface area contributed by atoms with E-state index in [1.165, 1.54) is 30.0 Å². The fraction of sp³-hybridized carbons (Fsp3) is 0.294. The first-order valence-electron chi connectivity index (χ1n) is 7.80. The van der Waals surface area contributed by atoms with Crippen LogP contribution in [-0.2, 0) is 9.59 Å². The number of nitrogens with zero attached hydrogens (tertiary/aromatic N) is 2.